The largest absolute Gasteiger partial charge is 0.329 e. The van der Waals surface area contributed by atoms with Crippen molar-refractivity contribution >= 4 is 0 Å². The summed E-state index contributed by atoms with van der Waals surface area (Å²) in [6, 6.07) is 10.1. The normalized spacial score (nSPS) is 25.8. The molecule has 0 aliphatic carbocycles. The van der Waals surface area contributed by atoms with Crippen LogP contribution in [0.25, 0.3) is 0 Å². The summed E-state index contributed by atoms with van der Waals surface area (Å²) >= 11 is 0. The molecule has 1 aliphatic heterocycles. The summed E-state index contributed by atoms with van der Waals surface area (Å²) in [6.07, 6.45) is 2.58. The molecule has 1 aromatic carbocycles. The minimum atomic E-state index is 0.213. The lowest BCUT2D eigenvalue weighted by Gasteiger charge is -2.41. The van der Waals surface area contributed by atoms with Crippen molar-refractivity contribution in [1.82, 2.24) is 4.90 Å². The molecule has 2 rings (SSSR count). The van der Waals surface area contributed by atoms with Crippen LogP contribution in [0.1, 0.15) is 64.6 Å². The second-order valence-corrected chi connectivity index (χ2v) is 7.84. The average Bonchev–Trinajstić information content (AvgIpc) is 2.41. The molecule has 0 amide bonds. The van der Waals surface area contributed by atoms with Crippen LogP contribution in [-0.2, 0) is 5.41 Å². The Morgan fingerprint density at radius 3 is 2.29 bits per heavy atom. The quantitative estimate of drug-likeness (QED) is 0.907. The molecular weight excluding hydrogens is 256 g/mol. The van der Waals surface area contributed by atoms with Gasteiger partial charge >= 0.3 is 0 Å². The molecule has 0 saturated carbocycles. The fourth-order valence-electron chi connectivity index (χ4n) is 3.56. The Hall–Kier alpha value is -0.860. The Morgan fingerprint density at radius 2 is 1.81 bits per heavy atom. The van der Waals surface area contributed by atoms with E-state index >= 15 is 0 Å². The molecule has 3 unspecified atom stereocenters. The van der Waals surface area contributed by atoms with Crippen molar-refractivity contribution in [2.24, 2.45) is 11.7 Å². The van der Waals surface area contributed by atoms with Gasteiger partial charge in [0.15, 0.2) is 0 Å². The van der Waals surface area contributed by atoms with Crippen molar-refractivity contribution in [1.29, 1.82) is 0 Å². The zero-order valence-electron chi connectivity index (χ0n) is 14.4. The lowest BCUT2D eigenvalue weighted by atomic mass is 9.85. The first kappa shape index (κ1) is 16.5. The number of likely N-dealkylation sites (tertiary alicyclic amines) is 1. The molecule has 1 saturated heterocycles. The molecule has 2 heteroatoms. The first-order valence-corrected chi connectivity index (χ1v) is 8.39. The summed E-state index contributed by atoms with van der Waals surface area (Å²) in [5, 5.41) is 0. The topological polar surface area (TPSA) is 29.3 Å². The standard InChI is InChI=1S/C19H32N2/c1-14-10-11-21(15(2)12-14)18(13-20)16-6-8-17(9-7-16)19(3,4)5/h6-9,14-15,18H,10-13,20H2,1-5H3. The molecule has 0 bridgehead atoms. The molecule has 118 valence electrons. The molecular formula is C19H32N2. The van der Waals surface area contributed by atoms with Gasteiger partial charge < -0.3 is 5.73 Å². The van der Waals surface area contributed by atoms with Gasteiger partial charge in [-0.15, -0.1) is 0 Å². The predicted molar refractivity (Wildman–Crippen MR) is 91.5 cm³/mol. The Labute approximate surface area is 130 Å². The van der Waals surface area contributed by atoms with E-state index in [2.05, 4.69) is 63.8 Å². The van der Waals surface area contributed by atoms with Crippen molar-refractivity contribution < 1.29 is 0 Å². The third-order valence-corrected chi connectivity index (χ3v) is 4.97. The van der Waals surface area contributed by atoms with Gasteiger partial charge in [0.05, 0.1) is 0 Å². The Bertz CT molecular complexity index is 444. The molecule has 0 spiro atoms. The van der Waals surface area contributed by atoms with Crippen LogP contribution < -0.4 is 5.73 Å². The highest BCUT2D eigenvalue weighted by Gasteiger charge is 2.29. The van der Waals surface area contributed by atoms with Crippen LogP contribution in [0.15, 0.2) is 24.3 Å². The molecule has 1 aromatic rings. The molecule has 1 fully saturated rings. The van der Waals surface area contributed by atoms with E-state index < -0.39 is 0 Å². The number of hydrogen-bond acceptors (Lipinski definition) is 2. The zero-order valence-corrected chi connectivity index (χ0v) is 14.4. The van der Waals surface area contributed by atoms with Crippen molar-refractivity contribution in [3.63, 3.8) is 0 Å². The van der Waals surface area contributed by atoms with Crippen molar-refractivity contribution in [3.8, 4) is 0 Å². The summed E-state index contributed by atoms with van der Waals surface area (Å²) < 4.78 is 0. The van der Waals surface area contributed by atoms with Gasteiger partial charge in [0.25, 0.3) is 0 Å². The fourth-order valence-corrected chi connectivity index (χ4v) is 3.56. The second kappa shape index (κ2) is 6.50. The highest BCUT2D eigenvalue weighted by atomic mass is 15.2. The van der Waals surface area contributed by atoms with E-state index in [1.165, 1.54) is 30.5 Å². The van der Waals surface area contributed by atoms with Gasteiger partial charge in [-0.05, 0) is 48.8 Å². The maximum atomic E-state index is 6.11. The van der Waals surface area contributed by atoms with Gasteiger partial charge in [-0.2, -0.15) is 0 Å². The SMILES string of the molecule is CC1CCN(C(CN)c2ccc(C(C)(C)C)cc2)C(C)C1. The lowest BCUT2D eigenvalue weighted by molar-refractivity contribution is 0.0847. The summed E-state index contributed by atoms with van der Waals surface area (Å²) in [7, 11) is 0. The summed E-state index contributed by atoms with van der Waals surface area (Å²) in [5.74, 6) is 0.845. The third kappa shape index (κ3) is 3.87. The fraction of sp³-hybridized carbons (Fsp3) is 0.684. The number of nitrogens with zero attached hydrogens (tertiary/aromatic N) is 1. The van der Waals surface area contributed by atoms with Gasteiger partial charge in [-0.1, -0.05) is 52.0 Å². The number of piperidine rings is 1. The maximum absolute atomic E-state index is 6.11. The lowest BCUT2D eigenvalue weighted by Crippen LogP contribution is -2.44. The van der Waals surface area contributed by atoms with Crippen molar-refractivity contribution in [2.45, 2.75) is 65.0 Å². The first-order valence-electron chi connectivity index (χ1n) is 8.39. The van der Waals surface area contributed by atoms with Crippen LogP contribution in [0, 0.1) is 5.92 Å². The van der Waals surface area contributed by atoms with Crippen LogP contribution >= 0.6 is 0 Å². The molecule has 0 aromatic heterocycles. The Morgan fingerprint density at radius 1 is 1.19 bits per heavy atom. The number of rotatable bonds is 3. The smallest absolute Gasteiger partial charge is 0.0473 e. The first-order chi connectivity index (χ1) is 9.82. The monoisotopic (exact) mass is 288 g/mol. The maximum Gasteiger partial charge on any atom is 0.0473 e. The van der Waals surface area contributed by atoms with Crippen LogP contribution in [0.3, 0.4) is 0 Å². The Kier molecular flexibility index (Phi) is 5.11. The highest BCUT2D eigenvalue weighted by Crippen LogP contribution is 2.31. The van der Waals surface area contributed by atoms with Crippen LogP contribution in [0.2, 0.25) is 0 Å². The van der Waals surface area contributed by atoms with E-state index in [9.17, 15) is 0 Å². The van der Waals surface area contributed by atoms with Gasteiger partial charge in [0.1, 0.15) is 0 Å². The molecule has 2 nitrogen and oxygen atoms in total. The van der Waals surface area contributed by atoms with E-state index in [0.717, 1.165) is 5.92 Å². The van der Waals surface area contributed by atoms with E-state index in [-0.39, 0.29) is 5.41 Å². The van der Waals surface area contributed by atoms with Gasteiger partial charge in [-0.3, -0.25) is 4.90 Å². The van der Waals surface area contributed by atoms with Gasteiger partial charge in [-0.25, -0.2) is 0 Å². The number of benzene rings is 1. The zero-order chi connectivity index (χ0) is 15.6. The van der Waals surface area contributed by atoms with Gasteiger partial charge in [0, 0.05) is 18.6 Å². The molecule has 0 radical (unpaired) electrons. The van der Waals surface area contributed by atoms with Crippen molar-refractivity contribution in [2.75, 3.05) is 13.1 Å². The minimum absolute atomic E-state index is 0.213. The number of hydrogen-bond donors (Lipinski definition) is 1. The molecule has 1 heterocycles. The second-order valence-electron chi connectivity index (χ2n) is 7.84. The van der Waals surface area contributed by atoms with E-state index in [0.29, 0.717) is 18.6 Å². The molecule has 21 heavy (non-hydrogen) atoms. The molecule has 1 aliphatic rings. The van der Waals surface area contributed by atoms with E-state index in [4.69, 9.17) is 5.73 Å². The summed E-state index contributed by atoms with van der Waals surface area (Å²) in [4.78, 5) is 2.60. The molecule has 2 N–H and O–H groups in total. The molecule has 3 atom stereocenters. The predicted octanol–water partition coefficient (Wildman–Crippen LogP) is 4.10. The van der Waals surface area contributed by atoms with Crippen LogP contribution in [0.4, 0.5) is 0 Å². The van der Waals surface area contributed by atoms with E-state index in [1.807, 2.05) is 0 Å². The highest BCUT2D eigenvalue weighted by molar-refractivity contribution is 5.29. The van der Waals surface area contributed by atoms with E-state index in [1.54, 1.807) is 0 Å². The van der Waals surface area contributed by atoms with Gasteiger partial charge in [0.2, 0.25) is 0 Å². The summed E-state index contributed by atoms with van der Waals surface area (Å²) in [5.41, 5.74) is 9.09. The summed E-state index contributed by atoms with van der Waals surface area (Å²) in [6.45, 7) is 13.4. The number of nitrogens with two attached hydrogens (primary N) is 1. The van der Waals surface area contributed by atoms with Crippen LogP contribution in [0.5, 0.6) is 0 Å². The van der Waals surface area contributed by atoms with Crippen LogP contribution in [-0.4, -0.2) is 24.0 Å². The Balaban J connectivity index is 2.17. The van der Waals surface area contributed by atoms with Crippen molar-refractivity contribution in [3.05, 3.63) is 35.4 Å². The third-order valence-electron chi connectivity index (χ3n) is 4.97. The average molecular weight is 288 g/mol. The minimum Gasteiger partial charge on any atom is -0.329 e.